The summed E-state index contributed by atoms with van der Waals surface area (Å²) in [6, 6.07) is -0.705. The summed E-state index contributed by atoms with van der Waals surface area (Å²) in [6.07, 6.45) is 12.8. The van der Waals surface area contributed by atoms with Crippen LogP contribution in [-0.4, -0.2) is 87.5 Å². The summed E-state index contributed by atoms with van der Waals surface area (Å²) in [4.78, 5) is 12.7. The van der Waals surface area contributed by atoms with Crippen LogP contribution in [0.15, 0.2) is 0 Å². The van der Waals surface area contributed by atoms with E-state index < -0.39 is 49.5 Å². The second-order valence-electron chi connectivity index (χ2n) is 11.6. The lowest BCUT2D eigenvalue weighted by atomic mass is 9.99. The monoisotopic (exact) mass is 575 g/mol. The van der Waals surface area contributed by atoms with Gasteiger partial charge in [0, 0.05) is 6.42 Å². The highest BCUT2D eigenvalue weighted by Gasteiger charge is 2.44. The van der Waals surface area contributed by atoms with Gasteiger partial charge in [0.15, 0.2) is 6.29 Å². The van der Waals surface area contributed by atoms with Gasteiger partial charge in [-0.25, -0.2) is 0 Å². The second kappa shape index (κ2) is 23.7. The second-order valence-corrected chi connectivity index (χ2v) is 11.6. The van der Waals surface area contributed by atoms with Crippen LogP contribution in [0.2, 0.25) is 0 Å². The first-order valence-corrected chi connectivity index (χ1v) is 16.2. The van der Waals surface area contributed by atoms with Gasteiger partial charge in [0.05, 0.1) is 25.4 Å². The van der Waals surface area contributed by atoms with Crippen LogP contribution in [0.1, 0.15) is 136 Å². The Balaban J connectivity index is 2.50. The molecule has 1 amide bonds. The third-order valence-corrected chi connectivity index (χ3v) is 7.96. The molecule has 0 spiro atoms. The van der Waals surface area contributed by atoms with Gasteiger partial charge in [-0.2, -0.15) is 0 Å². The topological polar surface area (TPSA) is 149 Å². The van der Waals surface area contributed by atoms with Crippen LogP contribution >= 0.6 is 0 Å². The number of rotatable bonds is 25. The maximum atomic E-state index is 12.7. The molecule has 1 rings (SSSR count). The SMILES string of the molecule is CCCCCCCCCCCCC(=O)NC(COC1OC(CO)C(O)C(O)C1O)C(O)CCCCCCCCC. The van der Waals surface area contributed by atoms with Crippen LogP contribution in [-0.2, 0) is 14.3 Å². The Morgan fingerprint density at radius 2 is 1.25 bits per heavy atom. The number of ether oxygens (including phenoxy) is 2. The Labute approximate surface area is 243 Å². The molecule has 1 fully saturated rings. The normalized spacial score (nSPS) is 24.6. The maximum absolute atomic E-state index is 12.7. The quantitative estimate of drug-likeness (QED) is 0.0892. The smallest absolute Gasteiger partial charge is 0.220 e. The van der Waals surface area contributed by atoms with E-state index >= 15 is 0 Å². The van der Waals surface area contributed by atoms with Gasteiger partial charge in [0.2, 0.25) is 5.91 Å². The Bertz CT molecular complexity index is 608. The maximum Gasteiger partial charge on any atom is 0.220 e. The van der Waals surface area contributed by atoms with E-state index in [-0.39, 0.29) is 12.5 Å². The Morgan fingerprint density at radius 1 is 0.750 bits per heavy atom. The molecular formula is C31H61NO8. The van der Waals surface area contributed by atoms with E-state index in [1.165, 1.54) is 70.6 Å². The summed E-state index contributed by atoms with van der Waals surface area (Å²) in [6.45, 7) is 3.73. The van der Waals surface area contributed by atoms with E-state index in [4.69, 9.17) is 9.47 Å². The summed E-state index contributed by atoms with van der Waals surface area (Å²) in [5.41, 5.74) is 0. The summed E-state index contributed by atoms with van der Waals surface area (Å²) in [7, 11) is 0. The average Bonchev–Trinajstić information content (AvgIpc) is 2.95. The Hall–Kier alpha value is -0.810. The molecule has 0 radical (unpaired) electrons. The van der Waals surface area contributed by atoms with Crippen LogP contribution in [0.5, 0.6) is 0 Å². The first kappa shape index (κ1) is 37.2. The fraction of sp³-hybridized carbons (Fsp3) is 0.968. The highest BCUT2D eigenvalue weighted by atomic mass is 16.7. The fourth-order valence-corrected chi connectivity index (χ4v) is 5.22. The van der Waals surface area contributed by atoms with E-state index in [2.05, 4.69) is 19.2 Å². The van der Waals surface area contributed by atoms with Crippen molar-refractivity contribution in [3.05, 3.63) is 0 Å². The largest absolute Gasteiger partial charge is 0.394 e. The van der Waals surface area contributed by atoms with Crippen molar-refractivity contribution in [1.82, 2.24) is 5.32 Å². The molecule has 1 saturated heterocycles. The van der Waals surface area contributed by atoms with Crippen molar-refractivity contribution in [2.45, 2.75) is 179 Å². The standard InChI is InChI=1S/C31H61NO8/c1-3-5-7-9-11-12-13-15-17-19-21-27(35)32-24(25(34)20-18-16-14-10-8-6-4-2)23-39-31-30(38)29(37)28(36)26(22-33)40-31/h24-26,28-31,33-34,36-38H,3-23H2,1-2H3,(H,32,35). The molecule has 7 unspecified atom stereocenters. The van der Waals surface area contributed by atoms with Crippen molar-refractivity contribution >= 4 is 5.91 Å². The summed E-state index contributed by atoms with van der Waals surface area (Å²) in [5, 5.41) is 53.5. The summed E-state index contributed by atoms with van der Waals surface area (Å²) in [5.74, 6) is -0.152. The van der Waals surface area contributed by atoms with Crippen molar-refractivity contribution in [2.24, 2.45) is 0 Å². The van der Waals surface area contributed by atoms with Gasteiger partial charge >= 0.3 is 0 Å². The minimum atomic E-state index is -1.54. The van der Waals surface area contributed by atoms with Crippen molar-refractivity contribution < 1.29 is 39.8 Å². The molecule has 9 heteroatoms. The minimum Gasteiger partial charge on any atom is -0.394 e. The molecule has 1 aliphatic rings. The predicted molar refractivity (Wildman–Crippen MR) is 157 cm³/mol. The van der Waals surface area contributed by atoms with Crippen LogP contribution in [0.25, 0.3) is 0 Å². The highest BCUT2D eigenvalue weighted by Crippen LogP contribution is 2.22. The Kier molecular flexibility index (Phi) is 22.1. The molecule has 1 heterocycles. The van der Waals surface area contributed by atoms with Crippen molar-refractivity contribution in [2.75, 3.05) is 13.2 Å². The Morgan fingerprint density at radius 3 is 1.77 bits per heavy atom. The average molecular weight is 576 g/mol. The van der Waals surface area contributed by atoms with Crippen LogP contribution in [0.3, 0.4) is 0 Å². The van der Waals surface area contributed by atoms with Crippen molar-refractivity contribution in [3.63, 3.8) is 0 Å². The zero-order chi connectivity index (χ0) is 29.6. The molecule has 0 aromatic rings. The van der Waals surface area contributed by atoms with Crippen LogP contribution < -0.4 is 5.32 Å². The first-order chi connectivity index (χ1) is 19.3. The van der Waals surface area contributed by atoms with E-state index in [0.29, 0.717) is 12.8 Å². The molecule has 6 N–H and O–H groups in total. The van der Waals surface area contributed by atoms with Crippen LogP contribution in [0, 0.1) is 0 Å². The van der Waals surface area contributed by atoms with E-state index in [0.717, 1.165) is 38.5 Å². The van der Waals surface area contributed by atoms with Crippen molar-refractivity contribution in [1.29, 1.82) is 0 Å². The summed E-state index contributed by atoms with van der Waals surface area (Å²) >= 11 is 0. The van der Waals surface area contributed by atoms with Crippen LogP contribution in [0.4, 0.5) is 0 Å². The van der Waals surface area contributed by atoms with Gasteiger partial charge < -0.3 is 40.3 Å². The highest BCUT2D eigenvalue weighted by molar-refractivity contribution is 5.76. The van der Waals surface area contributed by atoms with Gasteiger partial charge in [0.1, 0.15) is 24.4 Å². The van der Waals surface area contributed by atoms with Gasteiger partial charge in [0.25, 0.3) is 0 Å². The lowest BCUT2D eigenvalue weighted by Gasteiger charge is -2.40. The molecular weight excluding hydrogens is 514 g/mol. The molecule has 0 aromatic carbocycles. The molecule has 1 aliphatic heterocycles. The van der Waals surface area contributed by atoms with E-state index in [1.54, 1.807) is 0 Å². The van der Waals surface area contributed by atoms with Gasteiger partial charge in [-0.15, -0.1) is 0 Å². The molecule has 40 heavy (non-hydrogen) atoms. The third kappa shape index (κ3) is 16.0. The first-order valence-electron chi connectivity index (χ1n) is 16.2. The predicted octanol–water partition coefficient (Wildman–Crippen LogP) is 4.10. The lowest BCUT2D eigenvalue weighted by molar-refractivity contribution is -0.302. The van der Waals surface area contributed by atoms with Gasteiger partial charge in [-0.05, 0) is 12.8 Å². The molecule has 7 atom stereocenters. The number of hydrogen-bond acceptors (Lipinski definition) is 8. The molecule has 9 nitrogen and oxygen atoms in total. The molecule has 0 aliphatic carbocycles. The third-order valence-electron chi connectivity index (χ3n) is 7.96. The van der Waals surface area contributed by atoms with E-state index in [1.807, 2.05) is 0 Å². The number of hydrogen-bond donors (Lipinski definition) is 6. The number of nitrogens with one attached hydrogen (secondary N) is 1. The number of amides is 1. The number of carbonyl (C=O) groups excluding carboxylic acids is 1. The molecule has 0 bridgehead atoms. The fourth-order valence-electron chi connectivity index (χ4n) is 5.22. The van der Waals surface area contributed by atoms with E-state index in [9.17, 15) is 30.3 Å². The number of aliphatic hydroxyl groups is 5. The number of aliphatic hydroxyl groups excluding tert-OH is 5. The summed E-state index contributed by atoms with van der Waals surface area (Å²) < 4.78 is 11.1. The minimum absolute atomic E-state index is 0.135. The molecule has 0 saturated carbocycles. The number of carbonyl (C=O) groups is 1. The zero-order valence-corrected chi connectivity index (χ0v) is 25.4. The number of unbranched alkanes of at least 4 members (excludes halogenated alkanes) is 15. The van der Waals surface area contributed by atoms with Crippen molar-refractivity contribution in [3.8, 4) is 0 Å². The lowest BCUT2D eigenvalue weighted by Crippen LogP contribution is -2.60. The van der Waals surface area contributed by atoms with Gasteiger partial charge in [-0.1, -0.05) is 117 Å². The molecule has 238 valence electrons. The molecule has 0 aromatic heterocycles. The zero-order valence-electron chi connectivity index (χ0n) is 25.4. The van der Waals surface area contributed by atoms with Gasteiger partial charge in [-0.3, -0.25) is 4.79 Å².